The molecule has 0 atom stereocenters. The minimum atomic E-state index is -0.230. The third kappa shape index (κ3) is 3.57. The first kappa shape index (κ1) is 14.8. The molecule has 3 aromatic rings. The van der Waals surface area contributed by atoms with Gasteiger partial charge in [0.15, 0.2) is 5.96 Å². The van der Waals surface area contributed by atoms with E-state index in [2.05, 4.69) is 31.3 Å². The average molecular weight is 310 g/mol. The molecule has 1 aromatic carbocycles. The van der Waals surface area contributed by atoms with E-state index in [4.69, 9.17) is 5.73 Å². The Morgan fingerprint density at radius 3 is 3.04 bits per heavy atom. The predicted octanol–water partition coefficient (Wildman–Crippen LogP) is 1.53. The molecule has 0 saturated heterocycles. The fourth-order valence-corrected chi connectivity index (χ4v) is 2.43. The van der Waals surface area contributed by atoms with E-state index in [9.17, 15) is 4.79 Å². The van der Waals surface area contributed by atoms with Crippen molar-refractivity contribution in [1.29, 1.82) is 0 Å². The average Bonchev–Trinajstić information content (AvgIpc) is 2.90. The molecule has 0 spiro atoms. The second-order valence-electron chi connectivity index (χ2n) is 5.24. The van der Waals surface area contributed by atoms with Crippen molar-refractivity contribution >= 4 is 22.8 Å². The van der Waals surface area contributed by atoms with Crippen LogP contribution in [0, 0.1) is 6.92 Å². The lowest BCUT2D eigenvalue weighted by atomic mass is 10.1. The Morgan fingerprint density at radius 2 is 2.22 bits per heavy atom. The first-order chi connectivity index (χ1) is 11.1. The third-order valence-corrected chi connectivity index (χ3v) is 3.45. The SMILES string of the molecule is Cc1cc(=O)[nH]c(NC(N)=NCCc2c[nH]c3ccccc23)n1. The number of para-hydroxylation sites is 1. The Bertz CT molecular complexity index is 908. The molecule has 0 fully saturated rings. The van der Waals surface area contributed by atoms with Gasteiger partial charge in [-0.2, -0.15) is 0 Å². The van der Waals surface area contributed by atoms with Crippen molar-refractivity contribution in [2.24, 2.45) is 10.7 Å². The summed E-state index contributed by atoms with van der Waals surface area (Å²) in [6, 6.07) is 9.54. The van der Waals surface area contributed by atoms with Gasteiger partial charge in [0.2, 0.25) is 5.95 Å². The normalized spacial score (nSPS) is 11.8. The molecule has 0 unspecified atom stereocenters. The van der Waals surface area contributed by atoms with Crippen LogP contribution in [0.4, 0.5) is 5.95 Å². The number of nitrogens with one attached hydrogen (secondary N) is 3. The lowest BCUT2D eigenvalue weighted by molar-refractivity contribution is 0.969. The lowest BCUT2D eigenvalue weighted by Gasteiger charge is -2.05. The van der Waals surface area contributed by atoms with Gasteiger partial charge < -0.3 is 10.7 Å². The number of benzene rings is 1. The molecule has 0 saturated carbocycles. The van der Waals surface area contributed by atoms with E-state index < -0.39 is 0 Å². The van der Waals surface area contributed by atoms with Crippen LogP contribution in [0.1, 0.15) is 11.3 Å². The van der Waals surface area contributed by atoms with Crippen LogP contribution in [-0.4, -0.2) is 27.5 Å². The summed E-state index contributed by atoms with van der Waals surface area (Å²) in [6.07, 6.45) is 2.76. The second kappa shape index (κ2) is 6.35. The van der Waals surface area contributed by atoms with Gasteiger partial charge >= 0.3 is 0 Å². The summed E-state index contributed by atoms with van der Waals surface area (Å²) in [5.41, 5.74) is 8.51. The van der Waals surface area contributed by atoms with Crippen LogP contribution in [0.15, 0.2) is 46.3 Å². The van der Waals surface area contributed by atoms with Crippen LogP contribution in [-0.2, 0) is 6.42 Å². The summed E-state index contributed by atoms with van der Waals surface area (Å²) in [4.78, 5) is 25.6. The highest BCUT2D eigenvalue weighted by molar-refractivity contribution is 5.90. The Kier molecular flexibility index (Phi) is 4.09. The minimum absolute atomic E-state index is 0.221. The lowest BCUT2D eigenvalue weighted by Crippen LogP contribution is -2.26. The molecule has 118 valence electrons. The molecule has 0 aliphatic carbocycles. The van der Waals surface area contributed by atoms with Gasteiger partial charge in [-0.15, -0.1) is 0 Å². The summed E-state index contributed by atoms with van der Waals surface area (Å²) in [5, 5.41) is 3.99. The van der Waals surface area contributed by atoms with E-state index in [0.29, 0.717) is 18.2 Å². The van der Waals surface area contributed by atoms with Gasteiger partial charge in [-0.05, 0) is 25.0 Å². The van der Waals surface area contributed by atoms with Gasteiger partial charge in [0.25, 0.3) is 5.56 Å². The van der Waals surface area contributed by atoms with E-state index in [-0.39, 0.29) is 11.5 Å². The van der Waals surface area contributed by atoms with Crippen molar-refractivity contribution in [3.63, 3.8) is 0 Å². The van der Waals surface area contributed by atoms with E-state index in [0.717, 1.165) is 11.9 Å². The molecule has 0 aliphatic heterocycles. The van der Waals surface area contributed by atoms with Crippen LogP contribution in [0.5, 0.6) is 0 Å². The van der Waals surface area contributed by atoms with Gasteiger partial charge in [0, 0.05) is 35.4 Å². The number of nitrogens with zero attached hydrogens (tertiary/aromatic N) is 2. The molecular weight excluding hydrogens is 292 g/mol. The third-order valence-electron chi connectivity index (χ3n) is 3.45. The quantitative estimate of drug-likeness (QED) is 0.432. The van der Waals surface area contributed by atoms with E-state index in [1.54, 1.807) is 6.92 Å². The van der Waals surface area contributed by atoms with Crippen molar-refractivity contribution in [3.8, 4) is 0 Å². The van der Waals surface area contributed by atoms with Crippen molar-refractivity contribution in [2.45, 2.75) is 13.3 Å². The number of anilines is 1. The number of guanidine groups is 1. The summed E-state index contributed by atoms with van der Waals surface area (Å²) >= 11 is 0. The predicted molar refractivity (Wildman–Crippen MR) is 91.7 cm³/mol. The number of aliphatic imine (C=N–C) groups is 1. The van der Waals surface area contributed by atoms with E-state index >= 15 is 0 Å². The van der Waals surface area contributed by atoms with Crippen molar-refractivity contribution in [1.82, 2.24) is 15.0 Å². The number of aromatic nitrogens is 3. The van der Waals surface area contributed by atoms with Crippen LogP contribution in [0.25, 0.3) is 10.9 Å². The fraction of sp³-hybridized carbons (Fsp3) is 0.188. The molecule has 3 rings (SSSR count). The number of aromatic amines is 2. The summed E-state index contributed by atoms with van der Waals surface area (Å²) < 4.78 is 0. The molecule has 2 aromatic heterocycles. The van der Waals surface area contributed by atoms with Crippen LogP contribution in [0.3, 0.4) is 0 Å². The second-order valence-corrected chi connectivity index (χ2v) is 5.24. The Hall–Kier alpha value is -3.09. The molecule has 5 N–H and O–H groups in total. The van der Waals surface area contributed by atoms with Crippen LogP contribution < -0.4 is 16.6 Å². The zero-order valence-corrected chi connectivity index (χ0v) is 12.8. The van der Waals surface area contributed by atoms with Crippen LogP contribution >= 0.6 is 0 Å². The highest BCUT2D eigenvalue weighted by atomic mass is 16.1. The fourth-order valence-electron chi connectivity index (χ4n) is 2.43. The number of aryl methyl sites for hydroxylation is 1. The Labute approximate surface area is 132 Å². The highest BCUT2D eigenvalue weighted by Crippen LogP contribution is 2.17. The molecule has 7 nitrogen and oxygen atoms in total. The Morgan fingerprint density at radius 1 is 1.39 bits per heavy atom. The van der Waals surface area contributed by atoms with Crippen molar-refractivity contribution < 1.29 is 0 Å². The zero-order valence-electron chi connectivity index (χ0n) is 12.8. The monoisotopic (exact) mass is 310 g/mol. The smallest absolute Gasteiger partial charge is 0.252 e. The summed E-state index contributed by atoms with van der Waals surface area (Å²) in [6.45, 7) is 2.28. The largest absolute Gasteiger partial charge is 0.370 e. The van der Waals surface area contributed by atoms with Gasteiger partial charge in [-0.3, -0.25) is 20.1 Å². The maximum Gasteiger partial charge on any atom is 0.252 e. The van der Waals surface area contributed by atoms with Gasteiger partial charge in [0.05, 0.1) is 0 Å². The van der Waals surface area contributed by atoms with E-state index in [1.807, 2.05) is 24.4 Å². The maximum absolute atomic E-state index is 11.4. The number of fused-ring (bicyclic) bond motifs is 1. The minimum Gasteiger partial charge on any atom is -0.370 e. The molecule has 0 bridgehead atoms. The number of hydrogen-bond acceptors (Lipinski definition) is 3. The van der Waals surface area contributed by atoms with Crippen molar-refractivity contribution in [2.75, 3.05) is 11.9 Å². The standard InChI is InChI=1S/C16H18N6O/c1-10-8-14(23)21-16(20-10)22-15(17)18-7-6-11-9-19-13-5-3-2-4-12(11)13/h2-5,8-9,19H,6-7H2,1H3,(H4,17,18,20,21,22,23). The number of hydrogen-bond donors (Lipinski definition) is 4. The molecular formula is C16H18N6O. The Balaban J connectivity index is 1.64. The van der Waals surface area contributed by atoms with Crippen LogP contribution in [0.2, 0.25) is 0 Å². The topological polar surface area (TPSA) is 112 Å². The van der Waals surface area contributed by atoms with E-state index in [1.165, 1.54) is 17.0 Å². The van der Waals surface area contributed by atoms with Gasteiger partial charge in [-0.25, -0.2) is 4.98 Å². The zero-order chi connectivity index (χ0) is 16.2. The highest BCUT2D eigenvalue weighted by Gasteiger charge is 2.03. The number of H-pyrrole nitrogens is 2. The number of nitrogens with two attached hydrogens (primary N) is 1. The summed E-state index contributed by atoms with van der Waals surface area (Å²) in [7, 11) is 0. The van der Waals surface area contributed by atoms with Gasteiger partial charge in [0.1, 0.15) is 0 Å². The molecule has 0 radical (unpaired) electrons. The van der Waals surface area contributed by atoms with Gasteiger partial charge in [-0.1, -0.05) is 18.2 Å². The summed E-state index contributed by atoms with van der Waals surface area (Å²) in [5.74, 6) is 0.516. The maximum atomic E-state index is 11.4. The molecule has 23 heavy (non-hydrogen) atoms. The molecule has 7 heteroatoms. The molecule has 2 heterocycles. The first-order valence-electron chi connectivity index (χ1n) is 7.32. The first-order valence-corrected chi connectivity index (χ1v) is 7.32. The number of rotatable bonds is 4. The molecule has 0 aliphatic rings. The molecule has 0 amide bonds. The van der Waals surface area contributed by atoms with Crippen molar-refractivity contribution in [3.05, 3.63) is 58.1 Å².